The van der Waals surface area contributed by atoms with Crippen molar-refractivity contribution in [2.24, 2.45) is 0 Å². The number of nitrogens with zero attached hydrogens (tertiary/aromatic N) is 2. The van der Waals surface area contributed by atoms with Crippen LogP contribution in [0.25, 0.3) is 0 Å². The molecule has 0 atom stereocenters. The molecule has 0 unspecified atom stereocenters. The lowest BCUT2D eigenvalue weighted by atomic mass is 10.1. The number of nitro groups is 1. The van der Waals surface area contributed by atoms with Crippen molar-refractivity contribution in [1.82, 2.24) is 0 Å². The molecule has 0 aliphatic rings. The molecule has 1 heterocycles. The van der Waals surface area contributed by atoms with Gasteiger partial charge < -0.3 is 5.32 Å². The van der Waals surface area contributed by atoms with Gasteiger partial charge in [-0.1, -0.05) is 6.92 Å². The van der Waals surface area contributed by atoms with E-state index in [9.17, 15) is 20.2 Å². The number of rotatable bonds is 4. The van der Waals surface area contributed by atoms with Gasteiger partial charge in [0, 0.05) is 22.6 Å². The molecule has 0 spiro atoms. The molecular weight excluding hydrogens is 302 g/mol. The second-order valence-corrected chi connectivity index (χ2v) is 5.79. The van der Waals surface area contributed by atoms with Crippen LogP contribution in [-0.4, -0.2) is 10.8 Å². The normalized spacial score (nSPS) is 10.0. The van der Waals surface area contributed by atoms with Crippen molar-refractivity contribution in [3.8, 4) is 6.07 Å². The summed E-state index contributed by atoms with van der Waals surface area (Å²) in [5.41, 5.74) is 1.65. The number of carbonyl (C=O) groups is 1. The fourth-order valence-corrected chi connectivity index (χ4v) is 3.21. The molecule has 0 bridgehead atoms. The molecule has 0 saturated heterocycles. The average Bonchev–Trinajstić information content (AvgIpc) is 2.81. The quantitative estimate of drug-likeness (QED) is 0.688. The maximum Gasteiger partial charge on any atom is 0.269 e. The van der Waals surface area contributed by atoms with Crippen LogP contribution in [0, 0.1) is 28.4 Å². The highest BCUT2D eigenvalue weighted by atomic mass is 32.1. The lowest BCUT2D eigenvalue weighted by molar-refractivity contribution is -0.384. The van der Waals surface area contributed by atoms with Gasteiger partial charge in [-0.3, -0.25) is 14.9 Å². The third-order valence-corrected chi connectivity index (χ3v) is 4.30. The van der Waals surface area contributed by atoms with Crippen molar-refractivity contribution in [2.75, 3.05) is 5.32 Å². The molecule has 1 aromatic carbocycles. The molecule has 1 amide bonds. The van der Waals surface area contributed by atoms with Gasteiger partial charge in [-0.15, -0.1) is 11.3 Å². The van der Waals surface area contributed by atoms with Crippen LogP contribution in [0.5, 0.6) is 0 Å². The standard InChI is InChI=1S/C15H13N3O3S/c1-3-12-9(2)22-15(13(12)8-16)17-14(19)10-4-6-11(7-5-10)18(20)21/h4-7H,3H2,1-2H3,(H,17,19). The fraction of sp³-hybridized carbons (Fsp3) is 0.200. The predicted octanol–water partition coefficient (Wildman–Crippen LogP) is 3.65. The van der Waals surface area contributed by atoms with Gasteiger partial charge in [0.2, 0.25) is 0 Å². The van der Waals surface area contributed by atoms with E-state index in [1.165, 1.54) is 35.6 Å². The Morgan fingerprint density at radius 1 is 1.41 bits per heavy atom. The van der Waals surface area contributed by atoms with Crippen molar-refractivity contribution in [1.29, 1.82) is 5.26 Å². The molecular formula is C15H13N3O3S. The second-order valence-electron chi connectivity index (χ2n) is 4.56. The summed E-state index contributed by atoms with van der Waals surface area (Å²) in [5.74, 6) is -0.393. The molecule has 6 nitrogen and oxygen atoms in total. The maximum absolute atomic E-state index is 12.2. The molecule has 1 N–H and O–H groups in total. The van der Waals surface area contributed by atoms with E-state index in [1.807, 2.05) is 13.8 Å². The van der Waals surface area contributed by atoms with Crippen LogP contribution >= 0.6 is 11.3 Å². The van der Waals surface area contributed by atoms with E-state index in [0.29, 0.717) is 16.1 Å². The van der Waals surface area contributed by atoms with Crippen molar-refractivity contribution in [3.05, 3.63) is 55.9 Å². The summed E-state index contributed by atoms with van der Waals surface area (Å²) in [6.07, 6.45) is 0.721. The Kier molecular flexibility index (Phi) is 4.53. The minimum Gasteiger partial charge on any atom is -0.312 e. The van der Waals surface area contributed by atoms with Gasteiger partial charge in [0.15, 0.2) is 0 Å². The Bertz CT molecular complexity index is 773. The lowest BCUT2D eigenvalue weighted by Crippen LogP contribution is -2.11. The topological polar surface area (TPSA) is 96.0 Å². The Morgan fingerprint density at radius 3 is 2.55 bits per heavy atom. The lowest BCUT2D eigenvalue weighted by Gasteiger charge is -2.03. The number of nitrogens with one attached hydrogen (secondary N) is 1. The molecule has 22 heavy (non-hydrogen) atoms. The van der Waals surface area contributed by atoms with Gasteiger partial charge in [0.05, 0.1) is 10.5 Å². The number of hydrogen-bond acceptors (Lipinski definition) is 5. The first kappa shape index (κ1) is 15.7. The largest absolute Gasteiger partial charge is 0.312 e. The summed E-state index contributed by atoms with van der Waals surface area (Å²) < 4.78 is 0. The van der Waals surface area contributed by atoms with Gasteiger partial charge in [0.1, 0.15) is 11.1 Å². The Balaban J connectivity index is 2.26. The van der Waals surface area contributed by atoms with Crippen LogP contribution < -0.4 is 5.32 Å². The third kappa shape index (κ3) is 2.97. The van der Waals surface area contributed by atoms with Crippen molar-refractivity contribution in [3.63, 3.8) is 0 Å². The van der Waals surface area contributed by atoms with E-state index >= 15 is 0 Å². The number of aryl methyl sites for hydroxylation is 1. The van der Waals surface area contributed by atoms with Crippen LogP contribution in [0.4, 0.5) is 10.7 Å². The molecule has 0 fully saturated rings. The van der Waals surface area contributed by atoms with E-state index in [0.717, 1.165) is 16.9 Å². The molecule has 0 radical (unpaired) electrons. The summed E-state index contributed by atoms with van der Waals surface area (Å²) in [6.45, 7) is 3.86. The van der Waals surface area contributed by atoms with Gasteiger partial charge in [-0.2, -0.15) is 5.26 Å². The number of carbonyl (C=O) groups excluding carboxylic acids is 1. The molecule has 7 heteroatoms. The van der Waals surface area contributed by atoms with Crippen LogP contribution in [0.15, 0.2) is 24.3 Å². The highest BCUT2D eigenvalue weighted by Crippen LogP contribution is 2.33. The van der Waals surface area contributed by atoms with Crippen LogP contribution in [0.3, 0.4) is 0 Å². The minimum atomic E-state index is -0.522. The number of non-ortho nitro benzene ring substituents is 1. The van der Waals surface area contributed by atoms with E-state index in [2.05, 4.69) is 11.4 Å². The molecule has 1 aromatic heterocycles. The van der Waals surface area contributed by atoms with Gasteiger partial charge in [-0.25, -0.2) is 0 Å². The maximum atomic E-state index is 12.2. The molecule has 0 saturated carbocycles. The third-order valence-electron chi connectivity index (χ3n) is 3.24. The zero-order valence-corrected chi connectivity index (χ0v) is 12.9. The van der Waals surface area contributed by atoms with Crippen molar-refractivity contribution >= 4 is 27.9 Å². The summed E-state index contributed by atoms with van der Waals surface area (Å²) in [7, 11) is 0. The first-order valence-electron chi connectivity index (χ1n) is 6.56. The van der Waals surface area contributed by atoms with Gasteiger partial charge >= 0.3 is 0 Å². The van der Waals surface area contributed by atoms with E-state index in [-0.39, 0.29) is 5.69 Å². The summed E-state index contributed by atoms with van der Waals surface area (Å²) in [6, 6.07) is 7.45. The summed E-state index contributed by atoms with van der Waals surface area (Å²) >= 11 is 1.36. The Labute approximate surface area is 131 Å². The summed E-state index contributed by atoms with van der Waals surface area (Å²) in [4.78, 5) is 23.3. The van der Waals surface area contributed by atoms with E-state index in [4.69, 9.17) is 0 Å². The van der Waals surface area contributed by atoms with Gasteiger partial charge in [0.25, 0.3) is 11.6 Å². The number of benzene rings is 1. The average molecular weight is 315 g/mol. The number of thiophene rings is 1. The first-order chi connectivity index (χ1) is 10.5. The number of nitro benzene ring substituents is 1. The van der Waals surface area contributed by atoms with Crippen molar-refractivity contribution < 1.29 is 9.72 Å². The van der Waals surface area contributed by atoms with Crippen LogP contribution in [0.2, 0.25) is 0 Å². The molecule has 2 aromatic rings. The monoisotopic (exact) mass is 315 g/mol. The molecule has 2 rings (SSSR count). The van der Waals surface area contributed by atoms with E-state index in [1.54, 1.807) is 0 Å². The smallest absolute Gasteiger partial charge is 0.269 e. The molecule has 0 aliphatic heterocycles. The number of anilines is 1. The second kappa shape index (κ2) is 6.37. The van der Waals surface area contributed by atoms with E-state index < -0.39 is 10.8 Å². The highest BCUT2D eigenvalue weighted by molar-refractivity contribution is 7.16. The predicted molar refractivity (Wildman–Crippen MR) is 84.2 cm³/mol. The first-order valence-corrected chi connectivity index (χ1v) is 7.37. The molecule has 112 valence electrons. The zero-order chi connectivity index (χ0) is 16.3. The van der Waals surface area contributed by atoms with Crippen molar-refractivity contribution in [2.45, 2.75) is 20.3 Å². The highest BCUT2D eigenvalue weighted by Gasteiger charge is 2.17. The summed E-state index contributed by atoms with van der Waals surface area (Å²) in [5, 5.41) is 23.1. The minimum absolute atomic E-state index is 0.0745. The Hall–Kier alpha value is -2.72. The Morgan fingerprint density at radius 2 is 2.05 bits per heavy atom. The molecule has 0 aliphatic carbocycles. The zero-order valence-electron chi connectivity index (χ0n) is 12.0. The van der Waals surface area contributed by atoms with Crippen LogP contribution in [0.1, 0.15) is 33.3 Å². The van der Waals surface area contributed by atoms with Gasteiger partial charge in [-0.05, 0) is 31.0 Å². The number of nitriles is 1. The van der Waals surface area contributed by atoms with Crippen LogP contribution in [-0.2, 0) is 6.42 Å². The number of hydrogen-bond donors (Lipinski definition) is 1. The number of amides is 1. The SMILES string of the molecule is CCc1c(C)sc(NC(=O)c2ccc([N+](=O)[O-])cc2)c1C#N. The fourth-order valence-electron chi connectivity index (χ4n) is 2.12.